The highest BCUT2D eigenvalue weighted by Crippen LogP contribution is 2.23. The molecular formula is C15H20BrN. The molecule has 0 saturated heterocycles. The summed E-state index contributed by atoms with van der Waals surface area (Å²) in [6, 6.07) is 6.97. The summed E-state index contributed by atoms with van der Waals surface area (Å²) in [6.45, 7) is 7.15. The summed E-state index contributed by atoms with van der Waals surface area (Å²) < 4.78 is 1.17. The molecule has 0 aliphatic carbocycles. The van der Waals surface area contributed by atoms with E-state index in [0.29, 0.717) is 6.04 Å². The van der Waals surface area contributed by atoms with Gasteiger partial charge >= 0.3 is 0 Å². The van der Waals surface area contributed by atoms with Crippen molar-refractivity contribution in [2.24, 2.45) is 0 Å². The van der Waals surface area contributed by atoms with Crippen molar-refractivity contribution in [3.05, 3.63) is 33.8 Å². The number of halogens is 1. The van der Waals surface area contributed by atoms with Gasteiger partial charge in [-0.15, -0.1) is 11.8 Å². The number of hydrogen-bond donors (Lipinski definition) is 1. The first-order chi connectivity index (χ1) is 8.19. The second-order valence-electron chi connectivity index (χ2n) is 4.08. The zero-order valence-electron chi connectivity index (χ0n) is 10.8. The van der Waals surface area contributed by atoms with Gasteiger partial charge < -0.3 is 5.32 Å². The van der Waals surface area contributed by atoms with E-state index in [1.165, 1.54) is 15.6 Å². The fourth-order valence-electron chi connectivity index (χ4n) is 1.86. The second-order valence-corrected chi connectivity index (χ2v) is 4.94. The van der Waals surface area contributed by atoms with E-state index in [-0.39, 0.29) is 0 Å². The molecule has 0 amide bonds. The van der Waals surface area contributed by atoms with Gasteiger partial charge in [0.2, 0.25) is 0 Å². The lowest BCUT2D eigenvalue weighted by atomic mass is 10.0. The maximum atomic E-state index is 3.54. The molecule has 0 aliphatic rings. The van der Waals surface area contributed by atoms with E-state index in [4.69, 9.17) is 0 Å². The van der Waals surface area contributed by atoms with Crippen molar-refractivity contribution >= 4 is 15.9 Å². The Bertz CT molecular complexity index is 415. The van der Waals surface area contributed by atoms with E-state index < -0.39 is 0 Å². The first-order valence-corrected chi connectivity index (χ1v) is 6.87. The van der Waals surface area contributed by atoms with E-state index in [0.717, 1.165) is 19.4 Å². The average molecular weight is 294 g/mol. The summed E-state index contributed by atoms with van der Waals surface area (Å²) in [5.41, 5.74) is 2.64. The zero-order valence-corrected chi connectivity index (χ0v) is 12.4. The average Bonchev–Trinajstić information content (AvgIpc) is 2.32. The molecule has 0 fully saturated rings. The third-order valence-electron chi connectivity index (χ3n) is 2.77. The van der Waals surface area contributed by atoms with Crippen molar-refractivity contribution in [1.29, 1.82) is 0 Å². The van der Waals surface area contributed by atoms with Crippen LogP contribution in [0.4, 0.5) is 0 Å². The van der Waals surface area contributed by atoms with Crippen molar-refractivity contribution in [3.63, 3.8) is 0 Å². The van der Waals surface area contributed by atoms with Crippen LogP contribution in [0.5, 0.6) is 0 Å². The molecule has 2 heteroatoms. The molecule has 0 bridgehead atoms. The summed E-state index contributed by atoms with van der Waals surface area (Å²) in [4.78, 5) is 0. The molecule has 0 aromatic heterocycles. The molecule has 1 N–H and O–H groups in total. The normalized spacial score (nSPS) is 11.8. The summed E-state index contributed by atoms with van der Waals surface area (Å²) in [7, 11) is 0. The van der Waals surface area contributed by atoms with Crippen LogP contribution in [-0.4, -0.2) is 6.54 Å². The van der Waals surface area contributed by atoms with Crippen LogP contribution in [-0.2, 0) is 0 Å². The molecule has 1 aromatic carbocycles. The molecule has 17 heavy (non-hydrogen) atoms. The molecular weight excluding hydrogens is 274 g/mol. The highest BCUT2D eigenvalue weighted by molar-refractivity contribution is 9.10. The Labute approximate surface area is 113 Å². The van der Waals surface area contributed by atoms with Crippen LogP contribution in [0.3, 0.4) is 0 Å². The van der Waals surface area contributed by atoms with Gasteiger partial charge in [0, 0.05) is 16.9 Å². The lowest BCUT2D eigenvalue weighted by Crippen LogP contribution is -2.20. The van der Waals surface area contributed by atoms with Gasteiger partial charge in [0.15, 0.2) is 0 Å². The van der Waals surface area contributed by atoms with Crippen LogP contribution in [0.1, 0.15) is 43.9 Å². The third-order valence-corrected chi connectivity index (χ3v) is 3.66. The number of hydrogen-bond acceptors (Lipinski definition) is 1. The molecule has 1 nitrogen and oxygen atoms in total. The van der Waals surface area contributed by atoms with Crippen molar-refractivity contribution in [3.8, 4) is 11.8 Å². The predicted octanol–water partition coefficient (Wildman–Crippen LogP) is 4.21. The molecule has 0 saturated carbocycles. The van der Waals surface area contributed by atoms with Crippen LogP contribution in [0.2, 0.25) is 0 Å². The Kier molecular flexibility index (Phi) is 6.32. The monoisotopic (exact) mass is 293 g/mol. The largest absolute Gasteiger partial charge is 0.310 e. The first-order valence-electron chi connectivity index (χ1n) is 6.08. The molecule has 1 rings (SSSR count). The third kappa shape index (κ3) is 4.53. The summed E-state index contributed by atoms with van der Waals surface area (Å²) >= 11 is 3.54. The molecule has 0 radical (unpaired) electrons. The molecule has 1 unspecified atom stereocenters. The van der Waals surface area contributed by atoms with Gasteiger partial charge in [-0.2, -0.15) is 0 Å². The fraction of sp³-hybridized carbons (Fsp3) is 0.467. The van der Waals surface area contributed by atoms with E-state index >= 15 is 0 Å². The standard InChI is InChI=1S/C15H20BrN/c1-4-6-7-8-15(17-5-2)13-9-10-14(16)12(3)11-13/h9-11,15,17H,5,7-8H2,1-3H3. The van der Waals surface area contributed by atoms with Crippen molar-refractivity contribution in [1.82, 2.24) is 5.32 Å². The topological polar surface area (TPSA) is 12.0 Å². The van der Waals surface area contributed by atoms with Gasteiger partial charge in [0.1, 0.15) is 0 Å². The van der Waals surface area contributed by atoms with Gasteiger partial charge in [-0.25, -0.2) is 0 Å². The minimum Gasteiger partial charge on any atom is -0.310 e. The van der Waals surface area contributed by atoms with Crippen LogP contribution >= 0.6 is 15.9 Å². The fourth-order valence-corrected chi connectivity index (χ4v) is 2.11. The molecule has 1 atom stereocenters. The SMILES string of the molecule is CC#CCCC(NCC)c1ccc(Br)c(C)c1. The molecule has 0 aliphatic heterocycles. The Morgan fingerprint density at radius 1 is 1.41 bits per heavy atom. The molecule has 1 aromatic rings. The Balaban J connectivity index is 2.79. The Hall–Kier alpha value is -0.780. The van der Waals surface area contributed by atoms with E-state index in [9.17, 15) is 0 Å². The Morgan fingerprint density at radius 2 is 2.18 bits per heavy atom. The zero-order chi connectivity index (χ0) is 12.7. The van der Waals surface area contributed by atoms with Gasteiger partial charge in [-0.3, -0.25) is 0 Å². The van der Waals surface area contributed by atoms with Gasteiger partial charge in [0.05, 0.1) is 0 Å². The number of benzene rings is 1. The minimum atomic E-state index is 0.410. The number of rotatable bonds is 5. The highest BCUT2D eigenvalue weighted by Gasteiger charge is 2.10. The highest BCUT2D eigenvalue weighted by atomic mass is 79.9. The van der Waals surface area contributed by atoms with E-state index in [2.05, 4.69) is 65.1 Å². The minimum absolute atomic E-state index is 0.410. The van der Waals surface area contributed by atoms with E-state index in [1.54, 1.807) is 0 Å². The summed E-state index contributed by atoms with van der Waals surface area (Å²) in [5.74, 6) is 6.09. The smallest absolute Gasteiger partial charge is 0.0329 e. The van der Waals surface area contributed by atoms with Crippen molar-refractivity contribution < 1.29 is 0 Å². The molecule has 0 spiro atoms. The van der Waals surface area contributed by atoms with Gasteiger partial charge in [-0.05, 0) is 44.0 Å². The summed E-state index contributed by atoms with van der Waals surface area (Å²) in [5, 5.41) is 3.52. The van der Waals surface area contributed by atoms with Crippen LogP contribution < -0.4 is 5.32 Å². The number of nitrogens with one attached hydrogen (secondary N) is 1. The quantitative estimate of drug-likeness (QED) is 0.802. The molecule has 92 valence electrons. The Morgan fingerprint density at radius 3 is 2.76 bits per heavy atom. The number of aryl methyl sites for hydroxylation is 1. The maximum absolute atomic E-state index is 3.54. The second kappa shape index (κ2) is 7.53. The van der Waals surface area contributed by atoms with E-state index in [1.807, 2.05) is 6.92 Å². The lowest BCUT2D eigenvalue weighted by molar-refractivity contribution is 0.522. The molecule has 0 heterocycles. The van der Waals surface area contributed by atoms with Crippen LogP contribution in [0, 0.1) is 18.8 Å². The first kappa shape index (κ1) is 14.3. The van der Waals surface area contributed by atoms with Gasteiger partial charge in [-0.1, -0.05) is 35.0 Å². The maximum Gasteiger partial charge on any atom is 0.0329 e. The summed E-state index contributed by atoms with van der Waals surface area (Å²) in [6.07, 6.45) is 2.01. The predicted molar refractivity (Wildman–Crippen MR) is 78.0 cm³/mol. The van der Waals surface area contributed by atoms with Crippen LogP contribution in [0.25, 0.3) is 0 Å². The van der Waals surface area contributed by atoms with Crippen molar-refractivity contribution in [2.45, 2.75) is 39.7 Å². The van der Waals surface area contributed by atoms with Gasteiger partial charge in [0.25, 0.3) is 0 Å². The lowest BCUT2D eigenvalue weighted by Gasteiger charge is -2.18. The van der Waals surface area contributed by atoms with Crippen molar-refractivity contribution in [2.75, 3.05) is 6.54 Å². The van der Waals surface area contributed by atoms with Crippen LogP contribution in [0.15, 0.2) is 22.7 Å².